The van der Waals surface area contributed by atoms with Gasteiger partial charge >= 0.3 is 0 Å². The highest BCUT2D eigenvalue weighted by Gasteiger charge is 2.22. The van der Waals surface area contributed by atoms with E-state index < -0.39 is 0 Å². The highest BCUT2D eigenvalue weighted by Crippen LogP contribution is 2.25. The van der Waals surface area contributed by atoms with Crippen LogP contribution >= 0.6 is 0 Å². The number of hydrogen-bond donors (Lipinski definition) is 2. The molecule has 6 rings (SSSR count). The Kier molecular flexibility index (Phi) is 10.6. The first-order chi connectivity index (χ1) is 20.4. The molecule has 2 aromatic heterocycles. The van der Waals surface area contributed by atoms with Crippen molar-refractivity contribution in [3.8, 4) is 22.9 Å². The van der Waals surface area contributed by atoms with Crippen molar-refractivity contribution in [3.05, 3.63) is 83.6 Å². The highest BCUT2D eigenvalue weighted by atomic mass is 16.5. The normalized spacial score (nSPS) is 22.4. The summed E-state index contributed by atoms with van der Waals surface area (Å²) in [6.07, 6.45) is 10.4. The first-order valence-corrected chi connectivity index (χ1v) is 15.0. The van der Waals surface area contributed by atoms with E-state index in [1.807, 2.05) is 48.5 Å². The van der Waals surface area contributed by atoms with Crippen molar-refractivity contribution in [2.24, 2.45) is 0 Å². The summed E-state index contributed by atoms with van der Waals surface area (Å²) in [5.74, 6) is 1.24. The smallest absolute Gasteiger partial charge is 0.226 e. The molecule has 0 saturated heterocycles. The van der Waals surface area contributed by atoms with Crippen LogP contribution in [-0.2, 0) is 22.7 Å². The fourth-order valence-electron chi connectivity index (χ4n) is 5.35. The molecule has 0 spiro atoms. The van der Waals surface area contributed by atoms with E-state index in [1.165, 1.54) is 11.1 Å². The van der Waals surface area contributed by atoms with Gasteiger partial charge in [-0.25, -0.2) is 9.97 Å². The summed E-state index contributed by atoms with van der Waals surface area (Å²) in [6.45, 7) is 4.98. The van der Waals surface area contributed by atoms with Gasteiger partial charge < -0.3 is 28.5 Å². The van der Waals surface area contributed by atoms with Crippen molar-refractivity contribution in [3.63, 3.8) is 0 Å². The number of aliphatic hydroxyl groups excluding tert-OH is 2. The Hall–Kier alpha value is -3.30. The summed E-state index contributed by atoms with van der Waals surface area (Å²) < 4.78 is 22.7. The predicted octanol–water partition coefficient (Wildman–Crippen LogP) is 6.94. The number of hydrogen-bond acceptors (Lipinski definition) is 8. The molecule has 2 N–H and O–H groups in total. The molecular formula is C34H42N2O6. The number of rotatable bonds is 8. The number of oxazole rings is 2. The van der Waals surface area contributed by atoms with E-state index in [0.29, 0.717) is 25.0 Å². The molecule has 224 valence electrons. The maximum Gasteiger partial charge on any atom is 0.226 e. The van der Waals surface area contributed by atoms with Crippen LogP contribution in [0.25, 0.3) is 22.9 Å². The lowest BCUT2D eigenvalue weighted by atomic mass is 9.95. The van der Waals surface area contributed by atoms with E-state index in [4.69, 9.17) is 18.3 Å². The molecule has 0 aliphatic heterocycles. The lowest BCUT2D eigenvalue weighted by molar-refractivity contribution is -0.0241. The van der Waals surface area contributed by atoms with Crippen molar-refractivity contribution in [1.29, 1.82) is 0 Å². The van der Waals surface area contributed by atoms with E-state index in [-0.39, 0.29) is 24.4 Å². The zero-order valence-electron chi connectivity index (χ0n) is 24.6. The number of aromatic nitrogens is 2. The molecule has 4 aromatic rings. The van der Waals surface area contributed by atoms with Crippen molar-refractivity contribution >= 4 is 0 Å². The minimum atomic E-state index is -0.218. The average Bonchev–Trinajstić information content (AvgIpc) is 3.67. The van der Waals surface area contributed by atoms with Gasteiger partial charge in [0.2, 0.25) is 11.8 Å². The second-order valence-electron chi connectivity index (χ2n) is 11.5. The first kappa shape index (κ1) is 30.2. The third-order valence-corrected chi connectivity index (χ3v) is 7.83. The van der Waals surface area contributed by atoms with Gasteiger partial charge in [0.15, 0.2) is 0 Å². The number of benzene rings is 2. The van der Waals surface area contributed by atoms with Crippen LogP contribution in [0.1, 0.15) is 73.9 Å². The Morgan fingerprint density at radius 2 is 1.05 bits per heavy atom. The Balaban J connectivity index is 0.000000168. The van der Waals surface area contributed by atoms with Gasteiger partial charge in [0, 0.05) is 11.1 Å². The molecule has 2 aliphatic carbocycles. The van der Waals surface area contributed by atoms with Crippen LogP contribution in [0.4, 0.5) is 0 Å². The van der Waals surface area contributed by atoms with Crippen LogP contribution in [0.2, 0.25) is 0 Å². The van der Waals surface area contributed by atoms with Crippen LogP contribution in [-0.4, -0.2) is 44.6 Å². The van der Waals surface area contributed by atoms with Gasteiger partial charge in [-0.05, 0) is 89.5 Å². The van der Waals surface area contributed by atoms with Gasteiger partial charge in [0.05, 0.1) is 37.6 Å². The molecule has 2 aromatic carbocycles. The molecule has 2 fully saturated rings. The second-order valence-corrected chi connectivity index (χ2v) is 11.5. The number of aryl methyl sites for hydroxylation is 2. The van der Waals surface area contributed by atoms with Crippen LogP contribution in [0.5, 0.6) is 0 Å². The maximum atomic E-state index is 9.64. The molecule has 42 heavy (non-hydrogen) atoms. The zero-order valence-corrected chi connectivity index (χ0v) is 24.6. The predicted molar refractivity (Wildman–Crippen MR) is 159 cm³/mol. The Morgan fingerprint density at radius 1 is 0.643 bits per heavy atom. The van der Waals surface area contributed by atoms with Crippen molar-refractivity contribution in [2.45, 2.75) is 103 Å². The van der Waals surface area contributed by atoms with Gasteiger partial charge in [-0.2, -0.15) is 0 Å². The van der Waals surface area contributed by atoms with Crippen LogP contribution in [0.3, 0.4) is 0 Å². The van der Waals surface area contributed by atoms with Crippen molar-refractivity contribution in [1.82, 2.24) is 9.97 Å². The fraction of sp³-hybridized carbons (Fsp3) is 0.471. The Bertz CT molecular complexity index is 1260. The summed E-state index contributed by atoms with van der Waals surface area (Å²) >= 11 is 0. The standard InChI is InChI=1S/2C17H21NO3/c2*1-12-5-7-13(8-6-12)17-18-14(11-21-17)10-20-16-4-2-3-15(19)9-16/h2*5-8,11,15-16,19H,2-4,9-10H2,1H3/t2*15-,16+/m10/s1. The number of ether oxygens (including phenoxy) is 2. The fourth-order valence-corrected chi connectivity index (χ4v) is 5.35. The largest absolute Gasteiger partial charge is 0.444 e. The van der Waals surface area contributed by atoms with E-state index in [1.54, 1.807) is 12.5 Å². The summed E-state index contributed by atoms with van der Waals surface area (Å²) in [5.41, 5.74) is 5.96. The monoisotopic (exact) mass is 574 g/mol. The lowest BCUT2D eigenvalue weighted by Crippen LogP contribution is -2.25. The quantitative estimate of drug-likeness (QED) is 0.233. The molecular weight excluding hydrogens is 532 g/mol. The molecule has 4 atom stereocenters. The van der Waals surface area contributed by atoms with Crippen LogP contribution in [0, 0.1) is 13.8 Å². The van der Waals surface area contributed by atoms with Gasteiger partial charge in [-0.1, -0.05) is 35.4 Å². The average molecular weight is 575 g/mol. The molecule has 2 heterocycles. The topological polar surface area (TPSA) is 111 Å². The van der Waals surface area contributed by atoms with E-state index in [0.717, 1.165) is 73.9 Å². The minimum absolute atomic E-state index is 0.133. The van der Waals surface area contributed by atoms with E-state index in [2.05, 4.69) is 23.8 Å². The van der Waals surface area contributed by atoms with Crippen molar-refractivity contribution < 1.29 is 28.5 Å². The van der Waals surface area contributed by atoms with Crippen LogP contribution < -0.4 is 0 Å². The molecule has 8 heteroatoms. The zero-order chi connectivity index (χ0) is 29.3. The van der Waals surface area contributed by atoms with E-state index >= 15 is 0 Å². The Labute approximate surface area is 247 Å². The third kappa shape index (κ3) is 8.85. The SMILES string of the molecule is Cc1ccc(-c2nc(CO[C@@H]3CCC[C@H](O)C3)co2)cc1.Cc1ccc(-c2nc(CO[C@H]3CCC[C@@H](O)C3)co2)cc1. The van der Waals surface area contributed by atoms with Gasteiger partial charge in [-0.3, -0.25) is 0 Å². The van der Waals surface area contributed by atoms with E-state index in [9.17, 15) is 10.2 Å². The van der Waals surface area contributed by atoms with Crippen LogP contribution in [0.15, 0.2) is 69.9 Å². The minimum Gasteiger partial charge on any atom is -0.444 e. The van der Waals surface area contributed by atoms with Crippen molar-refractivity contribution in [2.75, 3.05) is 0 Å². The highest BCUT2D eigenvalue weighted by molar-refractivity contribution is 5.54. The number of aliphatic hydroxyl groups is 2. The van der Waals surface area contributed by atoms with Gasteiger partial charge in [0.25, 0.3) is 0 Å². The molecule has 0 radical (unpaired) electrons. The summed E-state index contributed by atoms with van der Waals surface area (Å²) in [6, 6.07) is 16.2. The Morgan fingerprint density at radius 3 is 1.43 bits per heavy atom. The first-order valence-electron chi connectivity index (χ1n) is 15.0. The van der Waals surface area contributed by atoms with Gasteiger partial charge in [-0.15, -0.1) is 0 Å². The summed E-state index contributed by atoms with van der Waals surface area (Å²) in [5, 5.41) is 19.3. The molecule has 0 amide bonds. The third-order valence-electron chi connectivity index (χ3n) is 7.83. The number of nitrogens with zero attached hydrogens (tertiary/aromatic N) is 2. The lowest BCUT2D eigenvalue weighted by Gasteiger charge is -2.25. The summed E-state index contributed by atoms with van der Waals surface area (Å²) in [4.78, 5) is 8.92. The molecule has 8 nitrogen and oxygen atoms in total. The van der Waals surface area contributed by atoms with Gasteiger partial charge in [0.1, 0.15) is 23.9 Å². The second kappa shape index (κ2) is 14.7. The maximum absolute atomic E-state index is 9.64. The summed E-state index contributed by atoms with van der Waals surface area (Å²) in [7, 11) is 0. The molecule has 2 saturated carbocycles. The molecule has 0 bridgehead atoms. The molecule has 2 aliphatic rings. The molecule has 0 unspecified atom stereocenters.